The van der Waals surface area contributed by atoms with Crippen LogP contribution in [0.4, 0.5) is 10.5 Å². The van der Waals surface area contributed by atoms with Crippen LogP contribution in [-0.2, 0) is 16.4 Å². The van der Waals surface area contributed by atoms with Crippen molar-refractivity contribution in [3.8, 4) is 0 Å². The van der Waals surface area contributed by atoms with Crippen molar-refractivity contribution in [1.29, 1.82) is 0 Å². The van der Waals surface area contributed by atoms with E-state index in [1.807, 2.05) is 49.2 Å². The summed E-state index contributed by atoms with van der Waals surface area (Å²) in [7, 11) is -1.22. The molecule has 0 radical (unpaired) electrons. The van der Waals surface area contributed by atoms with Crippen LogP contribution in [0.1, 0.15) is 24.0 Å². The number of rotatable bonds is 2. The van der Waals surface area contributed by atoms with Crippen LogP contribution >= 0.6 is 0 Å². The van der Waals surface area contributed by atoms with Gasteiger partial charge in [-0.05, 0) is 30.2 Å². The Hall–Kier alpha value is -2.54. The van der Waals surface area contributed by atoms with Gasteiger partial charge in [-0.25, -0.2) is 13.2 Å². The second kappa shape index (κ2) is 7.13. The van der Waals surface area contributed by atoms with Crippen LogP contribution < -0.4 is 10.2 Å². The van der Waals surface area contributed by atoms with Gasteiger partial charge in [0.05, 0.1) is 10.6 Å². The first-order valence-corrected chi connectivity index (χ1v) is 11.2. The lowest BCUT2D eigenvalue weighted by molar-refractivity contribution is 0.178. The highest BCUT2D eigenvalue weighted by molar-refractivity contribution is 7.91. The Bertz CT molecular complexity index is 1010. The summed E-state index contributed by atoms with van der Waals surface area (Å²) < 4.78 is 24.7. The van der Waals surface area contributed by atoms with E-state index in [-0.39, 0.29) is 23.7 Å². The fraction of sp³-hybridized carbons (Fsp3) is 0.381. The van der Waals surface area contributed by atoms with Crippen LogP contribution in [0.2, 0.25) is 0 Å². The largest absolute Gasteiger partial charge is 0.372 e. The molecule has 0 saturated heterocycles. The van der Waals surface area contributed by atoms with Crippen LogP contribution in [0.15, 0.2) is 53.4 Å². The second-order valence-corrected chi connectivity index (χ2v) is 9.69. The standard InChI is InChI=1S/C21H25N3O3S/c1-15-12-23(2)19-9-5-3-7-16(19)13-24(15)21(25)22-11-17-14-28(26,27)20-10-6-4-8-18(17)20/h3-10,15,17H,11-14H2,1-2H3,(H,22,25)/t15-,17?/m0/s1. The van der Waals surface area contributed by atoms with Crippen LogP contribution in [-0.4, -0.2) is 51.3 Å². The molecule has 28 heavy (non-hydrogen) atoms. The van der Waals surface area contributed by atoms with Gasteiger partial charge < -0.3 is 15.1 Å². The topological polar surface area (TPSA) is 69.7 Å². The number of nitrogens with zero attached hydrogens (tertiary/aromatic N) is 2. The van der Waals surface area contributed by atoms with E-state index in [9.17, 15) is 13.2 Å². The second-order valence-electron chi connectivity index (χ2n) is 7.69. The number of likely N-dealkylation sites (N-methyl/N-ethyl adjacent to an activating group) is 1. The van der Waals surface area contributed by atoms with Gasteiger partial charge in [-0.1, -0.05) is 36.4 Å². The summed E-state index contributed by atoms with van der Waals surface area (Å²) in [5, 5.41) is 2.98. The number of benzene rings is 2. The number of sulfone groups is 1. The minimum absolute atomic E-state index is 0.0389. The Morgan fingerprint density at radius 3 is 2.68 bits per heavy atom. The monoisotopic (exact) mass is 399 g/mol. The quantitative estimate of drug-likeness (QED) is 0.843. The molecule has 0 aliphatic carbocycles. The molecular formula is C21H25N3O3S. The van der Waals surface area contributed by atoms with Gasteiger partial charge in [-0.2, -0.15) is 0 Å². The number of anilines is 1. The highest BCUT2D eigenvalue weighted by Gasteiger charge is 2.35. The third-order valence-electron chi connectivity index (χ3n) is 5.69. The molecule has 2 atom stereocenters. The van der Waals surface area contributed by atoms with Crippen LogP contribution in [0.5, 0.6) is 0 Å². The van der Waals surface area contributed by atoms with Gasteiger partial charge in [0.2, 0.25) is 0 Å². The summed E-state index contributed by atoms with van der Waals surface area (Å²) in [6.45, 7) is 3.63. The van der Waals surface area contributed by atoms with Crippen molar-refractivity contribution in [1.82, 2.24) is 10.2 Å². The van der Waals surface area contributed by atoms with Crippen LogP contribution in [0.3, 0.4) is 0 Å². The molecule has 2 amide bonds. The number of urea groups is 1. The molecule has 0 aromatic heterocycles. The fourth-order valence-electron chi connectivity index (χ4n) is 4.25. The number of hydrogen-bond acceptors (Lipinski definition) is 4. The lowest BCUT2D eigenvalue weighted by atomic mass is 10.0. The van der Waals surface area contributed by atoms with E-state index in [4.69, 9.17) is 0 Å². The molecular weight excluding hydrogens is 374 g/mol. The van der Waals surface area contributed by atoms with Crippen molar-refractivity contribution in [2.75, 3.05) is 30.8 Å². The molecule has 0 spiro atoms. The molecule has 0 bridgehead atoms. The number of carbonyl (C=O) groups excluding carboxylic acids is 1. The molecule has 1 N–H and O–H groups in total. The minimum Gasteiger partial charge on any atom is -0.372 e. The van der Waals surface area contributed by atoms with Gasteiger partial charge in [0.15, 0.2) is 9.84 Å². The first-order chi connectivity index (χ1) is 13.4. The highest BCUT2D eigenvalue weighted by atomic mass is 32.2. The molecule has 2 aromatic rings. The Labute approximate surface area is 166 Å². The average Bonchev–Trinajstić information content (AvgIpc) is 2.86. The molecule has 2 aromatic carbocycles. The number of carbonyl (C=O) groups is 1. The Morgan fingerprint density at radius 1 is 1.14 bits per heavy atom. The van der Waals surface area contributed by atoms with Crippen molar-refractivity contribution < 1.29 is 13.2 Å². The van der Waals surface area contributed by atoms with Crippen LogP contribution in [0, 0.1) is 0 Å². The number of hydrogen-bond donors (Lipinski definition) is 1. The van der Waals surface area contributed by atoms with E-state index >= 15 is 0 Å². The summed E-state index contributed by atoms with van der Waals surface area (Å²) in [5.41, 5.74) is 3.05. The Balaban J connectivity index is 1.49. The summed E-state index contributed by atoms with van der Waals surface area (Å²) in [5.74, 6) is -0.157. The summed E-state index contributed by atoms with van der Waals surface area (Å²) in [6.07, 6.45) is 0. The maximum atomic E-state index is 13.0. The summed E-state index contributed by atoms with van der Waals surface area (Å²) >= 11 is 0. The normalized spacial score (nSPS) is 22.9. The van der Waals surface area contributed by atoms with Gasteiger partial charge >= 0.3 is 6.03 Å². The Kier molecular flexibility index (Phi) is 4.79. The van der Waals surface area contributed by atoms with Crippen LogP contribution in [0.25, 0.3) is 0 Å². The van der Waals surface area contributed by atoms with E-state index in [1.54, 1.807) is 12.1 Å². The number of fused-ring (bicyclic) bond motifs is 2. The number of nitrogens with one attached hydrogen (secondary N) is 1. The van der Waals surface area contributed by atoms with Crippen molar-refractivity contribution in [3.63, 3.8) is 0 Å². The molecule has 4 rings (SSSR count). The Morgan fingerprint density at radius 2 is 1.86 bits per heavy atom. The molecule has 2 aliphatic rings. The zero-order valence-corrected chi connectivity index (χ0v) is 16.9. The first-order valence-electron chi connectivity index (χ1n) is 9.52. The molecule has 0 saturated carbocycles. The van der Waals surface area contributed by atoms with Crippen molar-refractivity contribution >= 4 is 21.6 Å². The average molecular weight is 400 g/mol. The van der Waals surface area contributed by atoms with Gasteiger partial charge in [0, 0.05) is 44.3 Å². The predicted octanol–water partition coefficient (Wildman–Crippen LogP) is 2.61. The smallest absolute Gasteiger partial charge is 0.318 e. The van der Waals surface area contributed by atoms with Gasteiger partial charge in [-0.15, -0.1) is 0 Å². The highest BCUT2D eigenvalue weighted by Crippen LogP contribution is 2.34. The molecule has 1 unspecified atom stereocenters. The van der Waals surface area contributed by atoms with Crippen molar-refractivity contribution in [2.24, 2.45) is 0 Å². The van der Waals surface area contributed by atoms with E-state index in [0.717, 1.165) is 23.4 Å². The van der Waals surface area contributed by atoms with Gasteiger partial charge in [-0.3, -0.25) is 0 Å². The lowest BCUT2D eigenvalue weighted by Crippen LogP contribution is -2.47. The maximum Gasteiger partial charge on any atom is 0.318 e. The zero-order chi connectivity index (χ0) is 19.9. The number of para-hydroxylation sites is 1. The lowest BCUT2D eigenvalue weighted by Gasteiger charge is -2.29. The SMILES string of the molecule is C[C@H]1CN(C)c2ccccc2CN1C(=O)NCC1CS(=O)(=O)c2ccccc21. The van der Waals surface area contributed by atoms with E-state index < -0.39 is 9.84 Å². The zero-order valence-electron chi connectivity index (χ0n) is 16.1. The molecule has 148 valence electrons. The number of amides is 2. The van der Waals surface area contributed by atoms with Crippen molar-refractivity contribution in [3.05, 3.63) is 59.7 Å². The van der Waals surface area contributed by atoms with E-state index in [0.29, 0.717) is 18.0 Å². The van der Waals surface area contributed by atoms with Crippen molar-refractivity contribution in [2.45, 2.75) is 30.3 Å². The van der Waals surface area contributed by atoms with Gasteiger partial charge in [0.25, 0.3) is 0 Å². The molecule has 0 fully saturated rings. The van der Waals surface area contributed by atoms with Gasteiger partial charge in [0.1, 0.15) is 0 Å². The molecule has 7 heteroatoms. The summed E-state index contributed by atoms with van der Waals surface area (Å²) in [4.78, 5) is 17.4. The fourth-order valence-corrected chi connectivity index (χ4v) is 6.13. The maximum absolute atomic E-state index is 13.0. The third kappa shape index (κ3) is 3.35. The molecule has 2 heterocycles. The van der Waals surface area contributed by atoms with E-state index in [1.165, 1.54) is 0 Å². The van der Waals surface area contributed by atoms with E-state index in [2.05, 4.69) is 16.3 Å². The minimum atomic E-state index is -3.26. The third-order valence-corrected chi connectivity index (χ3v) is 7.57. The molecule has 6 nitrogen and oxygen atoms in total. The molecule has 2 aliphatic heterocycles. The predicted molar refractivity (Wildman–Crippen MR) is 109 cm³/mol. The summed E-state index contributed by atoms with van der Waals surface area (Å²) in [6, 6.07) is 15.1. The first kappa shape index (κ1) is 18.8.